The van der Waals surface area contributed by atoms with Crippen LogP contribution >= 0.6 is 0 Å². The van der Waals surface area contributed by atoms with Crippen molar-refractivity contribution < 1.29 is 18.0 Å². The molecule has 6 rings (SSSR count). The van der Waals surface area contributed by atoms with Crippen LogP contribution in [0.5, 0.6) is 0 Å². The van der Waals surface area contributed by atoms with Gasteiger partial charge in [0.1, 0.15) is 5.82 Å². The monoisotopic (exact) mass is 486 g/mol. The molecule has 1 aliphatic heterocycles. The number of pyridine rings is 1. The van der Waals surface area contributed by atoms with E-state index >= 15 is 4.39 Å². The average molecular weight is 487 g/mol. The van der Waals surface area contributed by atoms with Crippen molar-refractivity contribution in [1.82, 2.24) is 9.47 Å². The van der Waals surface area contributed by atoms with Crippen LogP contribution in [0.15, 0.2) is 35.3 Å². The maximum absolute atomic E-state index is 15.2. The van der Waals surface area contributed by atoms with Crippen LogP contribution in [0.2, 0.25) is 0 Å². The molecule has 2 aromatic rings. The molecule has 3 saturated carbocycles. The number of amides is 1. The number of hydrogen-bond acceptors (Lipinski definition) is 4. The molecule has 0 radical (unpaired) electrons. The van der Waals surface area contributed by atoms with E-state index in [9.17, 15) is 18.4 Å². The van der Waals surface area contributed by atoms with Crippen molar-refractivity contribution in [1.29, 1.82) is 0 Å². The van der Waals surface area contributed by atoms with Crippen molar-refractivity contribution in [3.05, 3.63) is 63.3 Å². The van der Waals surface area contributed by atoms with Gasteiger partial charge in [-0.05, 0) is 50.5 Å². The topological polar surface area (TPSA) is 71.6 Å². The second-order valence-corrected chi connectivity index (χ2v) is 10.9. The van der Waals surface area contributed by atoms with Crippen LogP contribution in [0.4, 0.5) is 18.9 Å². The third kappa shape index (κ3) is 3.50. The van der Waals surface area contributed by atoms with E-state index < -0.39 is 29.8 Å². The number of nitrogens with two attached hydrogens (primary N) is 1. The van der Waals surface area contributed by atoms with E-state index in [-0.39, 0.29) is 46.0 Å². The van der Waals surface area contributed by atoms with E-state index in [1.807, 2.05) is 11.9 Å². The van der Waals surface area contributed by atoms with Crippen LogP contribution in [0.1, 0.15) is 66.2 Å². The molecule has 2 heterocycles. The van der Waals surface area contributed by atoms with Gasteiger partial charge in [0.05, 0.1) is 22.9 Å². The molecular formula is C26H29F3N4O2. The lowest BCUT2D eigenvalue weighted by atomic mass is 10.0. The second-order valence-electron chi connectivity index (χ2n) is 10.9. The van der Waals surface area contributed by atoms with Gasteiger partial charge in [-0.1, -0.05) is 18.2 Å². The van der Waals surface area contributed by atoms with E-state index in [2.05, 4.69) is 4.90 Å². The number of piperidine rings is 1. The van der Waals surface area contributed by atoms with Gasteiger partial charge in [-0.25, -0.2) is 13.2 Å². The van der Waals surface area contributed by atoms with E-state index in [0.717, 1.165) is 38.4 Å². The van der Waals surface area contributed by atoms with Gasteiger partial charge in [0.2, 0.25) is 0 Å². The maximum atomic E-state index is 15.2. The summed E-state index contributed by atoms with van der Waals surface area (Å²) in [4.78, 5) is 30.0. The number of carbonyl (C=O) groups excluding carboxylic acids is 1. The molecule has 2 N–H and O–H groups in total. The predicted molar refractivity (Wildman–Crippen MR) is 125 cm³/mol. The summed E-state index contributed by atoms with van der Waals surface area (Å²) in [6, 6.07) is 4.81. The van der Waals surface area contributed by atoms with E-state index in [4.69, 9.17) is 5.73 Å². The van der Waals surface area contributed by atoms with Crippen molar-refractivity contribution >= 4 is 11.6 Å². The second kappa shape index (κ2) is 7.59. The molecule has 1 aromatic heterocycles. The normalized spacial score (nSPS) is 28.7. The molecule has 186 valence electrons. The van der Waals surface area contributed by atoms with Crippen LogP contribution in [0, 0.1) is 23.1 Å². The van der Waals surface area contributed by atoms with E-state index in [0.29, 0.717) is 5.69 Å². The fourth-order valence-electron chi connectivity index (χ4n) is 6.56. The summed E-state index contributed by atoms with van der Waals surface area (Å²) in [6.45, 7) is 3.42. The standard InChI is InChI=1S/C26H29F3N4O2/c1-13(14-4-3-5-15(22(14)27)24(28)29)33(23-16-10-31(2)11-17(16)23)19-8-21(34)32(12-18(19)25(30)35)20-9-26(20)6-7-26/h3-5,8,12-13,16-17,20,23-24H,6-7,9-11H2,1-2H3,(H2,30,35)/t13-,16?,17?,20-,23?/m1/s1. The van der Waals surface area contributed by atoms with Crippen LogP contribution in [-0.4, -0.2) is 41.6 Å². The number of carbonyl (C=O) groups is 1. The van der Waals surface area contributed by atoms with Gasteiger partial charge >= 0.3 is 0 Å². The smallest absolute Gasteiger partial charge is 0.266 e. The number of aromatic nitrogens is 1. The average Bonchev–Trinajstić information content (AvgIpc) is 3.76. The van der Waals surface area contributed by atoms with Gasteiger partial charge in [-0.15, -0.1) is 0 Å². The van der Waals surface area contributed by atoms with Crippen LogP contribution in [0.25, 0.3) is 0 Å². The number of nitrogens with zero attached hydrogens (tertiary/aromatic N) is 3. The molecule has 2 unspecified atom stereocenters. The van der Waals surface area contributed by atoms with Crippen LogP contribution in [0.3, 0.4) is 0 Å². The lowest BCUT2D eigenvalue weighted by Crippen LogP contribution is -2.38. The first kappa shape index (κ1) is 22.6. The maximum Gasteiger partial charge on any atom is 0.266 e. The molecule has 1 amide bonds. The molecule has 3 aliphatic carbocycles. The molecule has 4 fully saturated rings. The minimum absolute atomic E-state index is 0.0418. The van der Waals surface area contributed by atoms with Crippen molar-refractivity contribution in [2.45, 2.75) is 50.7 Å². The minimum atomic E-state index is -2.94. The zero-order valence-electron chi connectivity index (χ0n) is 19.8. The Kier molecular flexibility index (Phi) is 4.91. The predicted octanol–water partition coefficient (Wildman–Crippen LogP) is 3.88. The largest absolute Gasteiger partial charge is 0.365 e. The summed E-state index contributed by atoms with van der Waals surface area (Å²) in [6.07, 6.45) is 1.71. The van der Waals surface area contributed by atoms with E-state index in [1.165, 1.54) is 18.2 Å². The summed E-state index contributed by atoms with van der Waals surface area (Å²) < 4.78 is 43.7. The number of likely N-dealkylation sites (tertiary alicyclic amines) is 1. The zero-order chi connectivity index (χ0) is 24.8. The lowest BCUT2D eigenvalue weighted by Gasteiger charge is -2.36. The molecular weight excluding hydrogens is 457 g/mol. The molecule has 4 atom stereocenters. The highest BCUT2D eigenvalue weighted by molar-refractivity contribution is 5.98. The Hall–Kier alpha value is -2.81. The number of anilines is 1. The van der Waals surface area contributed by atoms with Gasteiger partial charge in [0, 0.05) is 43.0 Å². The molecule has 9 heteroatoms. The lowest BCUT2D eigenvalue weighted by molar-refractivity contribution is 0.0999. The number of benzene rings is 1. The highest BCUT2D eigenvalue weighted by Gasteiger charge is 2.64. The molecule has 1 saturated heterocycles. The van der Waals surface area contributed by atoms with Crippen molar-refractivity contribution in [3.8, 4) is 0 Å². The third-order valence-electron chi connectivity index (χ3n) is 8.79. The number of hydrogen-bond donors (Lipinski definition) is 1. The van der Waals surface area contributed by atoms with Crippen molar-refractivity contribution in [2.75, 3.05) is 25.0 Å². The number of alkyl halides is 2. The number of fused-ring (bicyclic) bond motifs is 1. The Balaban J connectivity index is 1.46. The Labute approximate surface area is 201 Å². The summed E-state index contributed by atoms with van der Waals surface area (Å²) >= 11 is 0. The Bertz CT molecular complexity index is 1260. The highest BCUT2D eigenvalue weighted by atomic mass is 19.3. The summed E-state index contributed by atoms with van der Waals surface area (Å²) in [5, 5.41) is 0. The number of rotatable bonds is 7. The van der Waals surface area contributed by atoms with Gasteiger partial charge in [0.25, 0.3) is 17.9 Å². The Morgan fingerprint density at radius 1 is 1.20 bits per heavy atom. The first-order chi connectivity index (χ1) is 16.6. The number of primary amides is 1. The molecule has 1 spiro atoms. The van der Waals surface area contributed by atoms with Gasteiger partial charge < -0.3 is 20.1 Å². The first-order valence-corrected chi connectivity index (χ1v) is 12.2. The van der Waals surface area contributed by atoms with E-state index in [1.54, 1.807) is 17.7 Å². The summed E-state index contributed by atoms with van der Waals surface area (Å²) in [5.74, 6) is -1.05. The van der Waals surface area contributed by atoms with Crippen molar-refractivity contribution in [2.24, 2.45) is 23.0 Å². The van der Waals surface area contributed by atoms with Gasteiger partial charge in [0.15, 0.2) is 0 Å². The van der Waals surface area contributed by atoms with Crippen LogP contribution in [-0.2, 0) is 0 Å². The minimum Gasteiger partial charge on any atom is -0.365 e. The zero-order valence-corrected chi connectivity index (χ0v) is 19.8. The van der Waals surface area contributed by atoms with Crippen molar-refractivity contribution in [3.63, 3.8) is 0 Å². The summed E-state index contributed by atoms with van der Waals surface area (Å²) in [7, 11) is 2.03. The van der Waals surface area contributed by atoms with Crippen LogP contribution < -0.4 is 16.2 Å². The Morgan fingerprint density at radius 3 is 2.43 bits per heavy atom. The third-order valence-corrected chi connectivity index (χ3v) is 8.79. The van der Waals surface area contributed by atoms with Gasteiger partial charge in [-0.3, -0.25) is 9.59 Å². The molecule has 35 heavy (non-hydrogen) atoms. The quantitative estimate of drug-likeness (QED) is 0.645. The fourth-order valence-corrected chi connectivity index (χ4v) is 6.56. The fraction of sp³-hybridized carbons (Fsp3) is 0.538. The highest BCUT2D eigenvalue weighted by Crippen LogP contribution is 2.72. The number of halogens is 3. The molecule has 1 aromatic carbocycles. The first-order valence-electron chi connectivity index (χ1n) is 12.2. The SMILES string of the molecule is C[C@H](c1cccc(C(F)F)c1F)N(c1cc(=O)n([C@@H]2CC23CC3)cc1C(N)=O)C1C2CN(C)CC21. The molecule has 4 aliphatic rings. The summed E-state index contributed by atoms with van der Waals surface area (Å²) in [5.41, 5.74) is 5.81. The van der Waals surface area contributed by atoms with Gasteiger partial charge in [-0.2, -0.15) is 0 Å². The molecule has 6 nitrogen and oxygen atoms in total. The Morgan fingerprint density at radius 2 is 1.86 bits per heavy atom. The molecule has 0 bridgehead atoms.